The van der Waals surface area contributed by atoms with Gasteiger partial charge in [0, 0.05) is 51.3 Å². The van der Waals surface area contributed by atoms with Gasteiger partial charge >= 0.3 is 0 Å². The third kappa shape index (κ3) is 4.53. The molecule has 158 valence electrons. The Hall–Kier alpha value is -2.76. The van der Waals surface area contributed by atoms with E-state index in [1.54, 1.807) is 12.3 Å². The number of carbonyl (C=O) groups is 1. The smallest absolute Gasteiger partial charge is 0.225 e. The Morgan fingerprint density at radius 1 is 1.23 bits per heavy atom. The van der Waals surface area contributed by atoms with E-state index >= 15 is 0 Å². The number of anilines is 1. The number of rotatable bonds is 5. The molecule has 0 saturated carbocycles. The minimum Gasteiger partial charge on any atom is -0.347 e. The lowest BCUT2D eigenvalue weighted by atomic mass is 9.88. The minimum atomic E-state index is -0.267. The van der Waals surface area contributed by atoms with Crippen LogP contribution < -0.4 is 4.90 Å². The lowest BCUT2D eigenvalue weighted by molar-refractivity contribution is -0.132. The predicted octanol–water partition coefficient (Wildman–Crippen LogP) is 4.41. The molecular weight excluding hydrogens is 379 g/mol. The van der Waals surface area contributed by atoms with E-state index in [9.17, 15) is 9.18 Å². The number of aromatic nitrogens is 2. The van der Waals surface area contributed by atoms with Crippen LogP contribution in [0, 0.1) is 11.7 Å². The van der Waals surface area contributed by atoms with Crippen molar-refractivity contribution in [1.29, 1.82) is 0 Å². The van der Waals surface area contributed by atoms with Gasteiger partial charge in [0.25, 0.3) is 0 Å². The van der Waals surface area contributed by atoms with Crippen molar-refractivity contribution >= 4 is 11.9 Å². The Kier molecular flexibility index (Phi) is 6.11. The molecule has 2 aromatic rings. The summed E-state index contributed by atoms with van der Waals surface area (Å²) in [5.41, 5.74) is 2.62. The van der Waals surface area contributed by atoms with Gasteiger partial charge in [0.1, 0.15) is 5.82 Å². The fraction of sp³-hybridized carbons (Fsp3) is 0.458. The molecule has 5 nitrogen and oxygen atoms in total. The van der Waals surface area contributed by atoms with E-state index in [1.165, 1.54) is 12.1 Å². The average molecular weight is 409 g/mol. The van der Waals surface area contributed by atoms with E-state index in [0.29, 0.717) is 18.3 Å². The number of benzene rings is 1. The van der Waals surface area contributed by atoms with Crippen LogP contribution in [0.1, 0.15) is 43.7 Å². The number of hydrogen-bond donors (Lipinski definition) is 0. The zero-order chi connectivity index (χ0) is 21.1. The largest absolute Gasteiger partial charge is 0.347 e. The number of nitrogens with zero attached hydrogens (tertiary/aromatic N) is 4. The summed E-state index contributed by atoms with van der Waals surface area (Å²) in [6.45, 7) is 1.48. The maximum atomic E-state index is 13.8. The molecule has 6 heteroatoms. The normalized spacial score (nSPS) is 19.3. The molecule has 1 unspecified atom stereocenters. The highest BCUT2D eigenvalue weighted by atomic mass is 19.1. The Balaban J connectivity index is 1.52. The first kappa shape index (κ1) is 20.5. The molecule has 2 heterocycles. The zero-order valence-electron chi connectivity index (χ0n) is 17.7. The van der Waals surface area contributed by atoms with Crippen LogP contribution in [0.4, 0.5) is 10.3 Å². The van der Waals surface area contributed by atoms with Gasteiger partial charge in [-0.25, -0.2) is 14.4 Å². The summed E-state index contributed by atoms with van der Waals surface area (Å²) in [5, 5.41) is 0. The fourth-order valence-corrected chi connectivity index (χ4v) is 4.41. The fourth-order valence-electron chi connectivity index (χ4n) is 4.41. The van der Waals surface area contributed by atoms with Gasteiger partial charge < -0.3 is 9.80 Å². The van der Waals surface area contributed by atoms with Crippen molar-refractivity contribution in [3.05, 3.63) is 54.1 Å². The maximum absolute atomic E-state index is 13.8. The molecule has 0 bridgehead atoms. The molecule has 0 spiro atoms. The lowest BCUT2D eigenvalue weighted by Crippen LogP contribution is -2.38. The average Bonchev–Trinajstić information content (AvgIpc) is 3.26. The van der Waals surface area contributed by atoms with Crippen molar-refractivity contribution in [3.8, 4) is 11.1 Å². The van der Waals surface area contributed by atoms with E-state index in [2.05, 4.69) is 17.1 Å². The van der Waals surface area contributed by atoms with Crippen molar-refractivity contribution in [3.63, 3.8) is 0 Å². The Labute approximate surface area is 177 Å². The number of carbonyl (C=O) groups excluding carboxylic acids is 1. The monoisotopic (exact) mass is 408 g/mol. The van der Waals surface area contributed by atoms with Crippen LogP contribution in [0.2, 0.25) is 0 Å². The van der Waals surface area contributed by atoms with E-state index in [-0.39, 0.29) is 17.6 Å². The van der Waals surface area contributed by atoms with Crippen LogP contribution in [0.15, 0.2) is 42.6 Å². The third-order valence-corrected chi connectivity index (χ3v) is 6.12. The van der Waals surface area contributed by atoms with Gasteiger partial charge in [-0.2, -0.15) is 0 Å². The molecule has 1 aromatic carbocycles. The highest BCUT2D eigenvalue weighted by Gasteiger charge is 2.28. The molecule has 1 aliphatic heterocycles. The van der Waals surface area contributed by atoms with Gasteiger partial charge in [0.05, 0.1) is 5.69 Å². The molecule has 1 saturated heterocycles. The first-order chi connectivity index (χ1) is 14.5. The number of allylic oxidation sites excluding steroid dienone is 2. The summed E-state index contributed by atoms with van der Waals surface area (Å²) in [6.07, 6.45) is 10.7. The molecule has 1 fully saturated rings. The van der Waals surface area contributed by atoms with Crippen LogP contribution in [0.5, 0.6) is 0 Å². The van der Waals surface area contributed by atoms with Crippen molar-refractivity contribution < 1.29 is 9.18 Å². The van der Waals surface area contributed by atoms with Crippen LogP contribution in [-0.2, 0) is 4.79 Å². The van der Waals surface area contributed by atoms with Gasteiger partial charge in [0.15, 0.2) is 0 Å². The standard InChI is InChI=1S/C24H29FN4O/c1-28(2)24-26-16-21(19-8-5-9-20(25)15-19)23(27-24)18-10-12-29(13-11-18)22(30)14-17-6-3-4-7-17/h3,5-6,8-9,15-18H,4,7,10-14H2,1-2H3. The van der Waals surface area contributed by atoms with E-state index in [4.69, 9.17) is 4.98 Å². The zero-order valence-corrected chi connectivity index (χ0v) is 17.7. The van der Waals surface area contributed by atoms with Gasteiger partial charge in [-0.1, -0.05) is 24.3 Å². The molecule has 0 N–H and O–H groups in total. The van der Waals surface area contributed by atoms with Gasteiger partial charge in [0.2, 0.25) is 11.9 Å². The topological polar surface area (TPSA) is 49.3 Å². The van der Waals surface area contributed by atoms with Crippen molar-refractivity contribution in [1.82, 2.24) is 14.9 Å². The molecule has 1 atom stereocenters. The molecular formula is C24H29FN4O. The molecule has 2 aliphatic rings. The minimum absolute atomic E-state index is 0.223. The number of piperidine rings is 1. The third-order valence-electron chi connectivity index (χ3n) is 6.12. The molecule has 30 heavy (non-hydrogen) atoms. The van der Waals surface area contributed by atoms with Gasteiger partial charge in [-0.15, -0.1) is 0 Å². The Morgan fingerprint density at radius 3 is 2.70 bits per heavy atom. The first-order valence-corrected chi connectivity index (χ1v) is 10.8. The molecule has 1 aromatic heterocycles. The van der Waals surface area contributed by atoms with Crippen LogP contribution >= 0.6 is 0 Å². The summed E-state index contributed by atoms with van der Waals surface area (Å²) >= 11 is 0. The SMILES string of the molecule is CN(C)c1ncc(-c2cccc(F)c2)c(C2CCN(C(=O)CC3C=CCC3)CC2)n1. The number of likely N-dealkylation sites (tertiary alicyclic amines) is 1. The summed E-state index contributed by atoms with van der Waals surface area (Å²) < 4.78 is 13.8. The Morgan fingerprint density at radius 2 is 2.03 bits per heavy atom. The van der Waals surface area contributed by atoms with Crippen molar-refractivity contribution in [2.45, 2.75) is 38.0 Å². The summed E-state index contributed by atoms with van der Waals surface area (Å²) in [6, 6.07) is 6.59. The highest BCUT2D eigenvalue weighted by Crippen LogP contribution is 2.35. The number of amides is 1. The maximum Gasteiger partial charge on any atom is 0.225 e. The van der Waals surface area contributed by atoms with Gasteiger partial charge in [-0.05, 0) is 49.3 Å². The number of halogens is 1. The van der Waals surface area contributed by atoms with Gasteiger partial charge in [-0.3, -0.25) is 4.79 Å². The van der Waals surface area contributed by atoms with Crippen LogP contribution in [0.25, 0.3) is 11.1 Å². The number of hydrogen-bond acceptors (Lipinski definition) is 4. The molecule has 4 rings (SSSR count). The van der Waals surface area contributed by atoms with E-state index in [1.807, 2.05) is 30.0 Å². The summed E-state index contributed by atoms with van der Waals surface area (Å²) in [5.74, 6) is 1.26. The lowest BCUT2D eigenvalue weighted by Gasteiger charge is -2.33. The second-order valence-corrected chi connectivity index (χ2v) is 8.50. The highest BCUT2D eigenvalue weighted by molar-refractivity contribution is 5.77. The van der Waals surface area contributed by atoms with Crippen LogP contribution in [0.3, 0.4) is 0 Å². The van der Waals surface area contributed by atoms with E-state index in [0.717, 1.165) is 55.6 Å². The first-order valence-electron chi connectivity index (χ1n) is 10.8. The second kappa shape index (κ2) is 8.94. The van der Waals surface area contributed by atoms with Crippen LogP contribution in [-0.4, -0.2) is 48.0 Å². The summed E-state index contributed by atoms with van der Waals surface area (Å²) in [4.78, 5) is 25.9. The predicted molar refractivity (Wildman–Crippen MR) is 117 cm³/mol. The molecule has 1 amide bonds. The van der Waals surface area contributed by atoms with E-state index < -0.39 is 0 Å². The Bertz CT molecular complexity index is 935. The quantitative estimate of drug-likeness (QED) is 0.688. The van der Waals surface area contributed by atoms with Crippen molar-refractivity contribution in [2.75, 3.05) is 32.1 Å². The summed E-state index contributed by atoms with van der Waals surface area (Å²) in [7, 11) is 3.83. The van der Waals surface area contributed by atoms with Crippen molar-refractivity contribution in [2.24, 2.45) is 5.92 Å². The molecule has 0 radical (unpaired) electrons. The molecule has 1 aliphatic carbocycles. The second-order valence-electron chi connectivity index (χ2n) is 8.50.